The van der Waals surface area contributed by atoms with Gasteiger partial charge in [-0.25, -0.2) is 9.97 Å². The molecule has 0 saturated heterocycles. The van der Waals surface area contributed by atoms with Gasteiger partial charge in [0, 0.05) is 28.9 Å². The van der Waals surface area contributed by atoms with Crippen molar-refractivity contribution in [2.75, 3.05) is 17.3 Å². The second-order valence-corrected chi connectivity index (χ2v) is 5.66. The van der Waals surface area contributed by atoms with E-state index in [1.807, 2.05) is 20.8 Å². The molecule has 6 heteroatoms. The van der Waals surface area contributed by atoms with E-state index in [-0.39, 0.29) is 6.04 Å². The van der Waals surface area contributed by atoms with Gasteiger partial charge in [0.1, 0.15) is 0 Å². The molecule has 0 spiro atoms. The highest BCUT2D eigenvalue weighted by Crippen LogP contribution is 2.19. The summed E-state index contributed by atoms with van der Waals surface area (Å²) < 4.78 is 11.1. The van der Waals surface area contributed by atoms with Gasteiger partial charge in [-0.2, -0.15) is 0 Å². The molecule has 0 aliphatic rings. The third kappa shape index (κ3) is 3.72. The van der Waals surface area contributed by atoms with Gasteiger partial charge < -0.3 is 5.32 Å². The van der Waals surface area contributed by atoms with Crippen molar-refractivity contribution >= 4 is 28.2 Å². The summed E-state index contributed by atoms with van der Waals surface area (Å²) in [7, 11) is -0.839. The minimum Gasteiger partial charge on any atom is -0.364 e. The highest BCUT2D eigenvalue weighted by atomic mass is 35.5. The Labute approximate surface area is 103 Å². The number of halogens is 1. The van der Waals surface area contributed by atoms with E-state index in [9.17, 15) is 4.21 Å². The number of aromatic nitrogens is 2. The lowest BCUT2D eigenvalue weighted by Crippen LogP contribution is -2.23. The molecule has 16 heavy (non-hydrogen) atoms. The summed E-state index contributed by atoms with van der Waals surface area (Å²) in [5.74, 6) is 1.12. The van der Waals surface area contributed by atoms with Crippen molar-refractivity contribution in [1.29, 1.82) is 0 Å². The zero-order valence-electron chi connectivity index (χ0n) is 9.87. The van der Waals surface area contributed by atoms with E-state index in [1.54, 1.807) is 6.26 Å². The first-order chi connectivity index (χ1) is 7.40. The van der Waals surface area contributed by atoms with E-state index in [2.05, 4.69) is 15.3 Å². The van der Waals surface area contributed by atoms with Crippen LogP contribution in [0.1, 0.15) is 18.3 Å². The van der Waals surface area contributed by atoms with Gasteiger partial charge in [0.2, 0.25) is 0 Å². The van der Waals surface area contributed by atoms with Crippen molar-refractivity contribution in [2.24, 2.45) is 0 Å². The number of rotatable bonds is 4. The topological polar surface area (TPSA) is 54.9 Å². The summed E-state index contributed by atoms with van der Waals surface area (Å²) in [5.41, 5.74) is 1.67. The number of nitrogens with zero attached hydrogens (tertiary/aromatic N) is 2. The van der Waals surface area contributed by atoms with Crippen molar-refractivity contribution in [2.45, 2.75) is 26.8 Å². The number of hydrogen-bond donors (Lipinski definition) is 1. The minimum absolute atomic E-state index is 0.0553. The molecule has 0 amide bonds. The minimum atomic E-state index is -0.839. The molecule has 0 aliphatic heterocycles. The molecule has 1 aromatic heterocycles. The Morgan fingerprint density at radius 2 is 1.94 bits per heavy atom. The molecular formula is C10H16ClN3OS. The fourth-order valence-corrected chi connectivity index (χ4v) is 2.31. The first kappa shape index (κ1) is 13.4. The van der Waals surface area contributed by atoms with Crippen LogP contribution in [-0.2, 0) is 10.8 Å². The Hall–Kier alpha value is -0.680. The van der Waals surface area contributed by atoms with Gasteiger partial charge in [-0.15, -0.1) is 0 Å². The standard InChI is InChI=1S/C10H16ClN3OS/c1-6(5-16(4)15)12-10-9(11)13-7(2)8(3)14-10/h6H,5H2,1-4H3,(H,12,14). The maximum atomic E-state index is 11.1. The zero-order chi connectivity index (χ0) is 12.3. The molecule has 0 radical (unpaired) electrons. The van der Waals surface area contributed by atoms with Gasteiger partial charge in [-0.3, -0.25) is 4.21 Å². The third-order valence-electron chi connectivity index (χ3n) is 2.13. The molecular weight excluding hydrogens is 246 g/mol. The average Bonchev–Trinajstić information content (AvgIpc) is 2.12. The van der Waals surface area contributed by atoms with Crippen LogP contribution in [0.15, 0.2) is 0 Å². The monoisotopic (exact) mass is 261 g/mol. The molecule has 1 rings (SSSR count). The Balaban J connectivity index is 2.81. The highest BCUT2D eigenvalue weighted by Gasteiger charge is 2.10. The van der Waals surface area contributed by atoms with Crippen molar-refractivity contribution in [3.63, 3.8) is 0 Å². The van der Waals surface area contributed by atoms with Crippen LogP contribution < -0.4 is 5.32 Å². The maximum Gasteiger partial charge on any atom is 0.171 e. The molecule has 2 atom stereocenters. The van der Waals surface area contributed by atoms with E-state index in [0.717, 1.165) is 11.4 Å². The lowest BCUT2D eigenvalue weighted by Gasteiger charge is -2.14. The molecule has 90 valence electrons. The van der Waals surface area contributed by atoms with Gasteiger partial charge in [0.25, 0.3) is 0 Å². The van der Waals surface area contributed by atoms with Gasteiger partial charge in [0.15, 0.2) is 11.0 Å². The van der Waals surface area contributed by atoms with Gasteiger partial charge in [-0.1, -0.05) is 11.6 Å². The number of anilines is 1. The van der Waals surface area contributed by atoms with Crippen molar-refractivity contribution in [3.8, 4) is 0 Å². The molecule has 1 N–H and O–H groups in total. The quantitative estimate of drug-likeness (QED) is 0.900. The van der Waals surface area contributed by atoms with Gasteiger partial charge in [-0.05, 0) is 20.8 Å². The number of nitrogens with one attached hydrogen (secondary N) is 1. The predicted octanol–water partition coefficient (Wildman–Crippen LogP) is 1.93. The first-order valence-electron chi connectivity index (χ1n) is 4.97. The average molecular weight is 262 g/mol. The maximum absolute atomic E-state index is 11.1. The van der Waals surface area contributed by atoms with Crippen LogP contribution >= 0.6 is 11.6 Å². The van der Waals surface area contributed by atoms with Crippen LogP contribution in [0.5, 0.6) is 0 Å². The summed E-state index contributed by atoms with van der Waals surface area (Å²) in [5, 5.41) is 3.47. The van der Waals surface area contributed by atoms with Crippen LogP contribution in [-0.4, -0.2) is 32.2 Å². The van der Waals surface area contributed by atoms with Crippen molar-refractivity contribution in [3.05, 3.63) is 16.5 Å². The van der Waals surface area contributed by atoms with Gasteiger partial charge >= 0.3 is 0 Å². The molecule has 0 aliphatic carbocycles. The number of hydrogen-bond acceptors (Lipinski definition) is 4. The van der Waals surface area contributed by atoms with Crippen LogP contribution in [0, 0.1) is 13.8 Å². The summed E-state index contributed by atoms with van der Waals surface area (Å²) in [6.45, 7) is 5.68. The van der Waals surface area contributed by atoms with E-state index in [0.29, 0.717) is 16.7 Å². The molecule has 1 aromatic rings. The molecule has 0 saturated carbocycles. The van der Waals surface area contributed by atoms with Crippen LogP contribution in [0.25, 0.3) is 0 Å². The van der Waals surface area contributed by atoms with Crippen LogP contribution in [0.2, 0.25) is 5.15 Å². The molecule has 0 aromatic carbocycles. The largest absolute Gasteiger partial charge is 0.364 e. The first-order valence-corrected chi connectivity index (χ1v) is 7.08. The fraction of sp³-hybridized carbons (Fsp3) is 0.600. The lowest BCUT2D eigenvalue weighted by molar-refractivity contribution is 0.682. The smallest absolute Gasteiger partial charge is 0.171 e. The van der Waals surface area contributed by atoms with E-state index in [4.69, 9.17) is 11.6 Å². The van der Waals surface area contributed by atoms with Gasteiger partial charge in [0.05, 0.1) is 11.4 Å². The molecule has 0 bridgehead atoms. The molecule has 0 fully saturated rings. The van der Waals surface area contributed by atoms with E-state index < -0.39 is 10.8 Å². The van der Waals surface area contributed by atoms with Crippen LogP contribution in [0.3, 0.4) is 0 Å². The van der Waals surface area contributed by atoms with E-state index in [1.165, 1.54) is 0 Å². The number of aryl methyl sites for hydroxylation is 2. The Bertz CT molecular complexity index is 411. The molecule has 2 unspecified atom stereocenters. The second-order valence-electron chi connectivity index (χ2n) is 3.82. The third-order valence-corrected chi connectivity index (χ3v) is 3.37. The predicted molar refractivity (Wildman–Crippen MR) is 68.5 cm³/mol. The zero-order valence-corrected chi connectivity index (χ0v) is 11.4. The van der Waals surface area contributed by atoms with Crippen molar-refractivity contribution in [1.82, 2.24) is 9.97 Å². The summed E-state index contributed by atoms with van der Waals surface area (Å²) in [4.78, 5) is 8.48. The SMILES string of the molecule is Cc1nc(Cl)c(NC(C)CS(C)=O)nc1C. The summed E-state index contributed by atoms with van der Waals surface area (Å²) >= 11 is 5.97. The van der Waals surface area contributed by atoms with E-state index >= 15 is 0 Å². The molecule has 1 heterocycles. The fourth-order valence-electron chi connectivity index (χ4n) is 1.29. The molecule has 4 nitrogen and oxygen atoms in total. The Morgan fingerprint density at radius 1 is 1.38 bits per heavy atom. The van der Waals surface area contributed by atoms with Crippen molar-refractivity contribution < 1.29 is 4.21 Å². The highest BCUT2D eigenvalue weighted by molar-refractivity contribution is 7.84. The summed E-state index contributed by atoms with van der Waals surface area (Å²) in [6.07, 6.45) is 1.67. The normalized spacial score (nSPS) is 14.6. The summed E-state index contributed by atoms with van der Waals surface area (Å²) in [6, 6.07) is 0.0553. The lowest BCUT2D eigenvalue weighted by atomic mass is 10.3. The second kappa shape index (κ2) is 5.59. The van der Waals surface area contributed by atoms with Crippen LogP contribution in [0.4, 0.5) is 5.82 Å². The Kier molecular flexibility index (Phi) is 4.68. The Morgan fingerprint density at radius 3 is 2.50 bits per heavy atom.